The molecule has 1 atom stereocenters. The van der Waals surface area contributed by atoms with E-state index >= 15 is 0 Å². The van der Waals surface area contributed by atoms with Crippen LogP contribution >= 0.6 is 11.8 Å². The molecule has 0 amide bonds. The summed E-state index contributed by atoms with van der Waals surface area (Å²) in [5.41, 5.74) is -1.46. The maximum absolute atomic E-state index is 12.8. The maximum atomic E-state index is 12.8. The zero-order valence-corrected chi connectivity index (χ0v) is 15.1. The van der Waals surface area contributed by atoms with Crippen LogP contribution < -0.4 is 0 Å². The van der Waals surface area contributed by atoms with E-state index in [0.717, 1.165) is 11.1 Å². The van der Waals surface area contributed by atoms with Crippen molar-refractivity contribution in [3.8, 4) is 0 Å². The van der Waals surface area contributed by atoms with Crippen LogP contribution in [0.15, 0.2) is 90.1 Å². The van der Waals surface area contributed by atoms with E-state index in [9.17, 15) is 13.2 Å². The van der Waals surface area contributed by atoms with Gasteiger partial charge in [-0.05, 0) is 23.9 Å². The predicted octanol–water partition coefficient (Wildman–Crippen LogP) is 5.91. The Morgan fingerprint density at radius 2 is 1.41 bits per heavy atom. The van der Waals surface area contributed by atoms with Crippen LogP contribution in [0.2, 0.25) is 0 Å². The van der Waals surface area contributed by atoms with Crippen LogP contribution in [0.4, 0.5) is 13.2 Å². The number of pyridine rings is 1. The topological polar surface area (TPSA) is 25.2 Å². The van der Waals surface area contributed by atoms with E-state index in [4.69, 9.17) is 4.99 Å². The third kappa shape index (κ3) is 5.69. The van der Waals surface area contributed by atoms with Gasteiger partial charge in [0.2, 0.25) is 0 Å². The van der Waals surface area contributed by atoms with Gasteiger partial charge in [0, 0.05) is 23.1 Å². The van der Waals surface area contributed by atoms with Crippen molar-refractivity contribution in [2.45, 2.75) is 11.6 Å². The molecule has 1 unspecified atom stereocenters. The van der Waals surface area contributed by atoms with Gasteiger partial charge in [-0.25, -0.2) is 0 Å². The number of thioether (sulfide) groups is 1. The molecule has 3 rings (SSSR count). The number of halogens is 3. The molecule has 2 nitrogen and oxygen atoms in total. The second-order valence-corrected chi connectivity index (χ2v) is 6.82. The Morgan fingerprint density at radius 3 is 1.89 bits per heavy atom. The first-order chi connectivity index (χ1) is 13.0. The van der Waals surface area contributed by atoms with Gasteiger partial charge in [-0.3, -0.25) is 9.98 Å². The molecule has 0 N–H and O–H groups in total. The summed E-state index contributed by atoms with van der Waals surface area (Å²) in [6.07, 6.45) is 1.57. The number of aliphatic imine (C=N–C) groups is 1. The van der Waals surface area contributed by atoms with E-state index in [1.807, 2.05) is 60.7 Å². The first kappa shape index (κ1) is 19.2. The van der Waals surface area contributed by atoms with Crippen molar-refractivity contribution in [3.05, 3.63) is 102 Å². The third-order valence-corrected chi connectivity index (χ3v) is 4.62. The minimum Gasteiger partial charge on any atom is -0.274 e. The second-order valence-electron chi connectivity index (χ2n) is 5.74. The summed E-state index contributed by atoms with van der Waals surface area (Å²) in [6, 6.07) is 23.4. The lowest BCUT2D eigenvalue weighted by molar-refractivity contribution is -0.0328. The Bertz CT molecular complexity index is 825. The summed E-state index contributed by atoms with van der Waals surface area (Å²) < 4.78 is 38.4. The number of nitrogens with zero attached hydrogens (tertiary/aromatic N) is 2. The molecule has 0 aliphatic carbocycles. The third-order valence-electron chi connectivity index (χ3n) is 3.81. The van der Waals surface area contributed by atoms with Crippen molar-refractivity contribution in [1.82, 2.24) is 4.98 Å². The van der Waals surface area contributed by atoms with Crippen LogP contribution in [0.1, 0.15) is 22.9 Å². The van der Waals surface area contributed by atoms with E-state index in [1.54, 1.807) is 24.4 Å². The van der Waals surface area contributed by atoms with E-state index < -0.39 is 11.6 Å². The van der Waals surface area contributed by atoms with Gasteiger partial charge in [-0.2, -0.15) is 13.2 Å². The van der Waals surface area contributed by atoms with E-state index in [-0.39, 0.29) is 17.5 Å². The van der Waals surface area contributed by atoms with Crippen molar-refractivity contribution >= 4 is 17.5 Å². The lowest BCUT2D eigenvalue weighted by atomic mass is 10.0. The van der Waals surface area contributed by atoms with Crippen LogP contribution in [0, 0.1) is 0 Å². The smallest absolute Gasteiger partial charge is 0.274 e. The molecule has 0 bridgehead atoms. The van der Waals surface area contributed by atoms with Crippen LogP contribution in [0.25, 0.3) is 0 Å². The fourth-order valence-corrected chi connectivity index (χ4v) is 3.19. The van der Waals surface area contributed by atoms with Crippen molar-refractivity contribution in [2.75, 3.05) is 5.75 Å². The molecule has 2 aromatic carbocycles. The molecule has 1 aromatic heterocycles. The number of hydrogen-bond donors (Lipinski definition) is 0. The quantitative estimate of drug-likeness (QED) is 0.492. The first-order valence-corrected chi connectivity index (χ1v) is 9.32. The van der Waals surface area contributed by atoms with Gasteiger partial charge < -0.3 is 0 Å². The summed E-state index contributed by atoms with van der Waals surface area (Å²) in [5, 5.41) is 0. The van der Waals surface area contributed by atoms with Crippen molar-refractivity contribution in [2.24, 2.45) is 4.99 Å². The lowest BCUT2D eigenvalue weighted by Crippen LogP contribution is -2.12. The molecule has 0 aliphatic rings. The maximum Gasteiger partial charge on any atom is 0.441 e. The zero-order chi connectivity index (χ0) is 19.1. The summed E-state index contributed by atoms with van der Waals surface area (Å²) in [7, 11) is 0. The number of alkyl halides is 3. The van der Waals surface area contributed by atoms with Gasteiger partial charge in [0.05, 0.1) is 11.4 Å². The average Bonchev–Trinajstić information content (AvgIpc) is 2.69. The van der Waals surface area contributed by atoms with E-state index in [1.165, 1.54) is 0 Å². The van der Waals surface area contributed by atoms with Crippen molar-refractivity contribution in [3.63, 3.8) is 0 Å². The molecular weight excluding hydrogens is 369 g/mol. The van der Waals surface area contributed by atoms with Crippen LogP contribution in [-0.2, 0) is 0 Å². The molecular formula is C21H17F3N2S. The molecule has 0 saturated carbocycles. The molecule has 6 heteroatoms. The lowest BCUT2D eigenvalue weighted by Gasteiger charge is -2.16. The highest BCUT2D eigenvalue weighted by atomic mass is 32.2. The zero-order valence-electron chi connectivity index (χ0n) is 14.3. The Labute approximate surface area is 160 Å². The Kier molecular flexibility index (Phi) is 6.29. The summed E-state index contributed by atoms with van der Waals surface area (Å²) in [4.78, 5) is 8.96. The van der Waals surface area contributed by atoms with E-state index in [2.05, 4.69) is 4.98 Å². The van der Waals surface area contributed by atoms with Gasteiger partial charge in [0.1, 0.15) is 6.04 Å². The fourth-order valence-electron chi connectivity index (χ4n) is 2.60. The molecule has 0 aliphatic heterocycles. The molecule has 3 aromatic rings. The van der Waals surface area contributed by atoms with Gasteiger partial charge in [-0.1, -0.05) is 66.7 Å². The highest BCUT2D eigenvalue weighted by Gasteiger charge is 2.30. The number of hydrogen-bond acceptors (Lipinski definition) is 3. The van der Waals surface area contributed by atoms with E-state index in [0.29, 0.717) is 11.4 Å². The Hall–Kier alpha value is -2.60. The average molecular weight is 386 g/mol. The predicted molar refractivity (Wildman–Crippen MR) is 104 cm³/mol. The standard InChI is InChI=1S/C21H17F3N2S/c22-21(23,24)27-15-19(18-13-7-8-14-25-18)26-20(16-9-3-1-4-10-16)17-11-5-2-6-12-17/h1-14,19H,15H2. The largest absolute Gasteiger partial charge is 0.441 e. The van der Waals surface area contributed by atoms with Crippen molar-refractivity contribution < 1.29 is 13.2 Å². The Morgan fingerprint density at radius 1 is 0.852 bits per heavy atom. The van der Waals surface area contributed by atoms with Crippen LogP contribution in [-0.4, -0.2) is 22.0 Å². The summed E-state index contributed by atoms with van der Waals surface area (Å²) in [5.74, 6) is -0.232. The normalized spacial score (nSPS) is 12.4. The minimum absolute atomic E-state index is 0.0782. The molecule has 138 valence electrons. The highest BCUT2D eigenvalue weighted by molar-refractivity contribution is 8.00. The number of benzene rings is 2. The van der Waals surface area contributed by atoms with Crippen molar-refractivity contribution in [1.29, 1.82) is 0 Å². The molecule has 0 radical (unpaired) electrons. The van der Waals surface area contributed by atoms with Gasteiger partial charge >= 0.3 is 5.51 Å². The monoisotopic (exact) mass is 386 g/mol. The van der Waals surface area contributed by atoms with Gasteiger partial charge in [-0.15, -0.1) is 0 Å². The van der Waals surface area contributed by atoms with Crippen LogP contribution in [0.5, 0.6) is 0 Å². The molecule has 1 heterocycles. The molecule has 27 heavy (non-hydrogen) atoms. The SMILES string of the molecule is FC(F)(F)SCC(N=C(c1ccccc1)c1ccccc1)c1ccccn1. The molecule has 0 saturated heterocycles. The number of rotatable bonds is 6. The molecule has 0 fully saturated rings. The summed E-state index contributed by atoms with van der Waals surface area (Å²) >= 11 is -0.0782. The molecule has 0 spiro atoms. The van der Waals surface area contributed by atoms with Crippen LogP contribution in [0.3, 0.4) is 0 Å². The summed E-state index contributed by atoms with van der Waals surface area (Å²) in [6.45, 7) is 0. The van der Waals surface area contributed by atoms with Gasteiger partial charge in [0.25, 0.3) is 0 Å². The highest BCUT2D eigenvalue weighted by Crippen LogP contribution is 2.34. The fraction of sp³-hybridized carbons (Fsp3) is 0.143. The Balaban J connectivity index is 2.05. The van der Waals surface area contributed by atoms with Gasteiger partial charge in [0.15, 0.2) is 0 Å². The minimum atomic E-state index is -4.32. The first-order valence-electron chi connectivity index (χ1n) is 8.33. The second kappa shape index (κ2) is 8.86. The number of aromatic nitrogens is 1.